The van der Waals surface area contributed by atoms with Crippen molar-refractivity contribution in [1.82, 2.24) is 10.3 Å². The van der Waals surface area contributed by atoms with E-state index in [0.29, 0.717) is 12.2 Å². The van der Waals surface area contributed by atoms with Crippen molar-refractivity contribution in [1.29, 1.82) is 0 Å². The Balaban J connectivity index is 2.35. The highest BCUT2D eigenvalue weighted by Gasteiger charge is 2.42. The van der Waals surface area contributed by atoms with Crippen LogP contribution in [0.15, 0.2) is 29.4 Å². The molecule has 20 heavy (non-hydrogen) atoms. The predicted molar refractivity (Wildman–Crippen MR) is 75.5 cm³/mol. The maximum absolute atomic E-state index is 11.0. The van der Waals surface area contributed by atoms with E-state index in [1.165, 1.54) is 11.8 Å². The zero-order valence-electron chi connectivity index (χ0n) is 10.4. The van der Waals surface area contributed by atoms with E-state index in [2.05, 4.69) is 10.3 Å². The Morgan fingerprint density at radius 2 is 1.70 bits per heavy atom. The molecule has 114 valence electrons. The molecule has 1 aromatic heterocycles. The van der Waals surface area contributed by atoms with Crippen molar-refractivity contribution in [2.24, 2.45) is 0 Å². The van der Waals surface area contributed by atoms with Crippen LogP contribution in [0.3, 0.4) is 0 Å². The Morgan fingerprint density at radius 3 is 2.20 bits per heavy atom. The van der Waals surface area contributed by atoms with Crippen molar-refractivity contribution in [3.05, 3.63) is 24.5 Å². The molecule has 1 rings (SSSR count). The minimum Gasteiger partial charge on any atom is -0.323 e. The SMILES string of the molecule is O=P(O)(O)C(NCCCSc1ccncc1)P(=O)(O)O. The summed E-state index contributed by atoms with van der Waals surface area (Å²) >= 11 is 1.52. The zero-order chi connectivity index (χ0) is 15.2. The monoisotopic (exact) mass is 342 g/mol. The third kappa shape index (κ3) is 6.47. The second-order valence-corrected chi connectivity index (χ2v) is 8.86. The summed E-state index contributed by atoms with van der Waals surface area (Å²) in [6.45, 7) is 0.0962. The van der Waals surface area contributed by atoms with Gasteiger partial charge in [0.15, 0.2) is 0 Å². The van der Waals surface area contributed by atoms with Crippen molar-refractivity contribution in [3.8, 4) is 0 Å². The summed E-state index contributed by atoms with van der Waals surface area (Å²) in [4.78, 5) is 40.4. The smallest absolute Gasteiger partial charge is 0.323 e. The number of thioether (sulfide) groups is 1. The van der Waals surface area contributed by atoms with Crippen LogP contribution in [-0.4, -0.2) is 42.4 Å². The van der Waals surface area contributed by atoms with Gasteiger partial charge >= 0.3 is 15.2 Å². The number of rotatable bonds is 8. The molecular weight excluding hydrogens is 326 g/mol. The van der Waals surface area contributed by atoms with Gasteiger partial charge in [-0.1, -0.05) is 0 Å². The summed E-state index contributed by atoms with van der Waals surface area (Å²) in [5, 5.41) is 2.23. The highest BCUT2D eigenvalue weighted by molar-refractivity contribution is 7.99. The standard InChI is InChI=1S/C9H16N2O6P2S/c12-18(13,14)9(19(15,16)17)11-4-1-7-20-8-2-5-10-6-3-8/h2-3,5-6,9,11H,1,4,7H2,(H2,12,13,14)(H2,15,16,17). The van der Waals surface area contributed by atoms with E-state index >= 15 is 0 Å². The summed E-state index contributed by atoms with van der Waals surface area (Å²) in [6.07, 6.45) is 3.81. The highest BCUT2D eigenvalue weighted by atomic mass is 32.2. The first-order chi connectivity index (χ1) is 9.21. The molecule has 0 bridgehead atoms. The molecule has 0 saturated carbocycles. The number of hydrogen-bond donors (Lipinski definition) is 5. The molecule has 0 aliphatic rings. The normalized spacial score (nSPS) is 12.8. The van der Waals surface area contributed by atoms with Crippen LogP contribution in [0, 0.1) is 0 Å². The Hall–Kier alpha value is -0.240. The van der Waals surface area contributed by atoms with Crippen molar-refractivity contribution in [2.45, 2.75) is 16.8 Å². The molecular formula is C9H16N2O6P2S. The molecule has 1 aromatic rings. The zero-order valence-corrected chi connectivity index (χ0v) is 13.0. The van der Waals surface area contributed by atoms with E-state index in [9.17, 15) is 9.13 Å². The first-order valence-electron chi connectivity index (χ1n) is 5.58. The van der Waals surface area contributed by atoms with Crippen LogP contribution in [0.4, 0.5) is 0 Å². The van der Waals surface area contributed by atoms with Gasteiger partial charge in [0.1, 0.15) is 0 Å². The summed E-state index contributed by atoms with van der Waals surface area (Å²) < 4.78 is 22.0. The Kier molecular flexibility index (Phi) is 6.84. The summed E-state index contributed by atoms with van der Waals surface area (Å²) in [6, 6.07) is 3.65. The van der Waals surface area contributed by atoms with Crippen molar-refractivity contribution in [2.75, 3.05) is 12.3 Å². The van der Waals surface area contributed by atoms with Crippen molar-refractivity contribution in [3.63, 3.8) is 0 Å². The fourth-order valence-corrected chi connectivity index (χ4v) is 4.50. The van der Waals surface area contributed by atoms with Gasteiger partial charge in [-0.3, -0.25) is 19.4 Å². The summed E-state index contributed by atoms with van der Waals surface area (Å²) in [5.74, 6) is 0.645. The number of pyridine rings is 1. The molecule has 0 spiro atoms. The second-order valence-electron chi connectivity index (χ2n) is 3.89. The third-order valence-corrected chi connectivity index (χ3v) is 6.75. The van der Waals surface area contributed by atoms with Gasteiger partial charge in [-0.15, -0.1) is 11.8 Å². The molecule has 0 unspecified atom stereocenters. The molecule has 5 N–H and O–H groups in total. The molecule has 0 radical (unpaired) electrons. The summed E-state index contributed by atoms with van der Waals surface area (Å²) in [5.41, 5.74) is -2.14. The fraction of sp³-hybridized carbons (Fsp3) is 0.444. The molecule has 0 aliphatic carbocycles. The van der Waals surface area contributed by atoms with E-state index in [1.807, 2.05) is 12.1 Å². The molecule has 0 saturated heterocycles. The lowest BCUT2D eigenvalue weighted by Gasteiger charge is -2.20. The quantitative estimate of drug-likeness (QED) is 0.263. The largest absolute Gasteiger partial charge is 0.354 e. The van der Waals surface area contributed by atoms with Gasteiger partial charge in [-0.25, -0.2) is 0 Å². The number of nitrogens with one attached hydrogen (secondary N) is 1. The van der Waals surface area contributed by atoms with E-state index in [1.54, 1.807) is 12.4 Å². The van der Waals surface area contributed by atoms with Gasteiger partial charge in [0, 0.05) is 17.3 Å². The molecule has 0 atom stereocenters. The van der Waals surface area contributed by atoms with Crippen LogP contribution in [-0.2, 0) is 9.13 Å². The predicted octanol–water partition coefficient (Wildman–Crippen LogP) is 0.792. The Labute approximate surface area is 120 Å². The van der Waals surface area contributed by atoms with E-state index in [4.69, 9.17) is 19.6 Å². The first-order valence-corrected chi connectivity index (χ1v) is 9.93. The van der Waals surface area contributed by atoms with Crippen LogP contribution in [0.25, 0.3) is 0 Å². The Morgan fingerprint density at radius 1 is 1.15 bits per heavy atom. The van der Waals surface area contributed by atoms with Crippen LogP contribution in [0.5, 0.6) is 0 Å². The molecule has 0 aromatic carbocycles. The number of aromatic nitrogens is 1. The van der Waals surface area contributed by atoms with E-state index < -0.39 is 20.7 Å². The molecule has 0 fully saturated rings. The van der Waals surface area contributed by atoms with Crippen molar-refractivity contribution >= 4 is 27.0 Å². The lowest BCUT2D eigenvalue weighted by Crippen LogP contribution is -2.30. The lowest BCUT2D eigenvalue weighted by molar-refractivity contribution is 0.328. The van der Waals surface area contributed by atoms with Crippen molar-refractivity contribution < 1.29 is 28.7 Å². The highest BCUT2D eigenvalue weighted by Crippen LogP contribution is 2.58. The van der Waals surface area contributed by atoms with Gasteiger partial charge in [0.2, 0.25) is 5.52 Å². The topological polar surface area (TPSA) is 140 Å². The lowest BCUT2D eigenvalue weighted by atomic mass is 10.5. The minimum atomic E-state index is -4.89. The molecule has 0 amide bonds. The minimum absolute atomic E-state index is 0.0962. The molecule has 8 nitrogen and oxygen atoms in total. The average molecular weight is 342 g/mol. The fourth-order valence-electron chi connectivity index (χ4n) is 1.36. The van der Waals surface area contributed by atoms with Crippen LogP contribution < -0.4 is 5.32 Å². The van der Waals surface area contributed by atoms with E-state index in [0.717, 1.165) is 4.90 Å². The average Bonchev–Trinajstić information content (AvgIpc) is 2.31. The van der Waals surface area contributed by atoms with Gasteiger partial charge in [0.25, 0.3) is 0 Å². The van der Waals surface area contributed by atoms with Gasteiger partial charge in [0.05, 0.1) is 0 Å². The third-order valence-electron chi connectivity index (χ3n) is 2.20. The van der Waals surface area contributed by atoms with Gasteiger partial charge < -0.3 is 19.6 Å². The van der Waals surface area contributed by atoms with Gasteiger partial charge in [-0.05, 0) is 30.9 Å². The maximum Gasteiger partial charge on any atom is 0.354 e. The molecule has 11 heteroatoms. The second kappa shape index (κ2) is 7.68. The molecule has 1 heterocycles. The van der Waals surface area contributed by atoms with Gasteiger partial charge in [-0.2, -0.15) is 0 Å². The van der Waals surface area contributed by atoms with E-state index in [-0.39, 0.29) is 6.54 Å². The maximum atomic E-state index is 11.0. The van der Waals surface area contributed by atoms with Crippen LogP contribution in [0.1, 0.15) is 6.42 Å². The Bertz CT molecular complexity index is 482. The van der Waals surface area contributed by atoms with Crippen LogP contribution >= 0.6 is 27.0 Å². The first kappa shape index (κ1) is 17.8. The summed E-state index contributed by atoms with van der Waals surface area (Å²) in [7, 11) is -9.79. The number of hydrogen-bond acceptors (Lipinski definition) is 5. The number of nitrogens with zero attached hydrogens (tertiary/aromatic N) is 1. The molecule has 0 aliphatic heterocycles. The van der Waals surface area contributed by atoms with Crippen LogP contribution in [0.2, 0.25) is 0 Å².